The van der Waals surface area contributed by atoms with Crippen molar-refractivity contribution in [2.45, 2.75) is 20.3 Å². The summed E-state index contributed by atoms with van der Waals surface area (Å²) in [5.74, 6) is -0.0688. The van der Waals surface area contributed by atoms with E-state index < -0.39 is 0 Å². The molecule has 0 aliphatic heterocycles. The van der Waals surface area contributed by atoms with E-state index in [0.29, 0.717) is 12.1 Å². The van der Waals surface area contributed by atoms with Crippen molar-refractivity contribution >= 4 is 17.2 Å². The van der Waals surface area contributed by atoms with Gasteiger partial charge in [-0.1, -0.05) is 0 Å². The van der Waals surface area contributed by atoms with Gasteiger partial charge < -0.3 is 5.32 Å². The van der Waals surface area contributed by atoms with Gasteiger partial charge in [-0.05, 0) is 44.2 Å². The largest absolute Gasteiger partial charge is 0.352 e. The van der Waals surface area contributed by atoms with E-state index >= 15 is 0 Å². The fourth-order valence-corrected chi connectivity index (χ4v) is 2.97. The van der Waals surface area contributed by atoms with Gasteiger partial charge in [0, 0.05) is 35.8 Å². The lowest BCUT2D eigenvalue weighted by atomic mass is 10.2. The number of aryl methyl sites for hydroxylation is 2. The number of nitrogens with zero attached hydrogens (tertiary/aromatic N) is 3. The molecule has 1 amide bonds. The Morgan fingerprint density at radius 2 is 2.00 bits per heavy atom. The van der Waals surface area contributed by atoms with Crippen LogP contribution in [-0.4, -0.2) is 27.2 Å². The van der Waals surface area contributed by atoms with Gasteiger partial charge in [0.15, 0.2) is 0 Å². The van der Waals surface area contributed by atoms with Crippen molar-refractivity contribution in [2.75, 3.05) is 6.54 Å². The molecule has 0 spiro atoms. The number of aromatic nitrogens is 3. The number of hydrogen-bond donors (Lipinski definition) is 1. The van der Waals surface area contributed by atoms with Crippen LogP contribution in [0.3, 0.4) is 0 Å². The first-order valence-corrected chi connectivity index (χ1v) is 8.32. The van der Waals surface area contributed by atoms with E-state index in [-0.39, 0.29) is 5.91 Å². The predicted octanol–water partition coefficient (Wildman–Crippen LogP) is 2.92. The SMILES string of the molecule is Cc1nc(CCNC(=O)c2ccc(-n3nccc3C)cc2)cs1. The lowest BCUT2D eigenvalue weighted by molar-refractivity contribution is 0.0954. The highest BCUT2D eigenvalue weighted by Gasteiger charge is 2.07. The second-order valence-corrected chi connectivity index (χ2v) is 6.36. The van der Waals surface area contributed by atoms with Gasteiger partial charge in [-0.3, -0.25) is 4.79 Å². The predicted molar refractivity (Wildman–Crippen MR) is 91.2 cm³/mol. The van der Waals surface area contributed by atoms with Gasteiger partial charge in [-0.25, -0.2) is 9.67 Å². The number of carbonyl (C=O) groups excluding carboxylic acids is 1. The van der Waals surface area contributed by atoms with Crippen molar-refractivity contribution < 1.29 is 4.79 Å². The molecule has 1 N–H and O–H groups in total. The highest BCUT2D eigenvalue weighted by molar-refractivity contribution is 7.09. The normalized spacial score (nSPS) is 10.7. The third-order valence-corrected chi connectivity index (χ3v) is 4.36. The summed E-state index contributed by atoms with van der Waals surface area (Å²) in [6.45, 7) is 4.56. The maximum atomic E-state index is 12.2. The van der Waals surface area contributed by atoms with Crippen LogP contribution in [0.5, 0.6) is 0 Å². The van der Waals surface area contributed by atoms with E-state index in [2.05, 4.69) is 15.4 Å². The number of carbonyl (C=O) groups is 1. The zero-order valence-corrected chi connectivity index (χ0v) is 13.9. The van der Waals surface area contributed by atoms with Crippen molar-refractivity contribution in [1.29, 1.82) is 0 Å². The summed E-state index contributed by atoms with van der Waals surface area (Å²) < 4.78 is 1.84. The maximum Gasteiger partial charge on any atom is 0.251 e. The van der Waals surface area contributed by atoms with Gasteiger partial charge in [0.25, 0.3) is 5.91 Å². The maximum absolute atomic E-state index is 12.2. The third-order valence-electron chi connectivity index (χ3n) is 3.54. The van der Waals surface area contributed by atoms with E-state index in [1.165, 1.54) is 0 Å². The fraction of sp³-hybridized carbons (Fsp3) is 0.235. The molecule has 5 nitrogen and oxygen atoms in total. The Labute approximate surface area is 139 Å². The van der Waals surface area contributed by atoms with E-state index in [0.717, 1.165) is 28.5 Å². The molecule has 0 radical (unpaired) electrons. The summed E-state index contributed by atoms with van der Waals surface area (Å²) in [5, 5.41) is 10.3. The molecule has 23 heavy (non-hydrogen) atoms. The van der Waals surface area contributed by atoms with Crippen LogP contribution in [0, 0.1) is 13.8 Å². The van der Waals surface area contributed by atoms with Crippen LogP contribution in [0.4, 0.5) is 0 Å². The van der Waals surface area contributed by atoms with E-state index in [1.54, 1.807) is 17.5 Å². The standard InChI is InChI=1S/C17H18N4OS/c1-12-7-10-19-21(12)16-5-3-14(4-6-16)17(22)18-9-8-15-11-23-13(2)20-15/h3-7,10-11H,8-9H2,1-2H3,(H,18,22). The second kappa shape index (κ2) is 6.75. The molecule has 0 aliphatic carbocycles. The van der Waals surface area contributed by atoms with Crippen molar-refractivity contribution in [3.05, 3.63) is 63.9 Å². The zero-order valence-electron chi connectivity index (χ0n) is 13.1. The van der Waals surface area contributed by atoms with Crippen LogP contribution in [0.1, 0.15) is 26.8 Å². The number of thiazole rings is 1. The van der Waals surface area contributed by atoms with Gasteiger partial charge in [0.05, 0.1) is 16.4 Å². The zero-order chi connectivity index (χ0) is 16.2. The average molecular weight is 326 g/mol. The second-order valence-electron chi connectivity index (χ2n) is 5.30. The Morgan fingerprint density at radius 1 is 1.22 bits per heavy atom. The van der Waals surface area contributed by atoms with Crippen LogP contribution >= 0.6 is 11.3 Å². The molecule has 118 valence electrons. The smallest absolute Gasteiger partial charge is 0.251 e. The van der Waals surface area contributed by atoms with Crippen molar-refractivity contribution in [3.63, 3.8) is 0 Å². The molecular formula is C17H18N4OS. The topological polar surface area (TPSA) is 59.8 Å². The average Bonchev–Trinajstić information content (AvgIpc) is 3.16. The first kappa shape index (κ1) is 15.4. The van der Waals surface area contributed by atoms with Gasteiger partial charge in [0.2, 0.25) is 0 Å². The Kier molecular flexibility index (Phi) is 4.52. The molecule has 0 saturated heterocycles. The molecule has 6 heteroatoms. The number of hydrogen-bond acceptors (Lipinski definition) is 4. The van der Waals surface area contributed by atoms with Crippen LogP contribution < -0.4 is 5.32 Å². The summed E-state index contributed by atoms with van der Waals surface area (Å²) in [7, 11) is 0. The van der Waals surface area contributed by atoms with Crippen molar-refractivity contribution in [3.8, 4) is 5.69 Å². The Morgan fingerprint density at radius 3 is 2.61 bits per heavy atom. The molecule has 2 heterocycles. The minimum absolute atomic E-state index is 0.0688. The Hall–Kier alpha value is -2.47. The van der Waals surface area contributed by atoms with Crippen molar-refractivity contribution in [2.24, 2.45) is 0 Å². The van der Waals surface area contributed by atoms with E-state index in [1.807, 2.05) is 54.2 Å². The minimum Gasteiger partial charge on any atom is -0.352 e. The number of rotatable bonds is 5. The van der Waals surface area contributed by atoms with Crippen LogP contribution in [-0.2, 0) is 6.42 Å². The molecule has 0 aliphatic rings. The first-order valence-electron chi connectivity index (χ1n) is 7.44. The molecule has 0 atom stereocenters. The van der Waals surface area contributed by atoms with Gasteiger partial charge >= 0.3 is 0 Å². The quantitative estimate of drug-likeness (QED) is 0.784. The minimum atomic E-state index is -0.0688. The molecule has 3 rings (SSSR count). The number of amides is 1. The Bertz CT molecular complexity index is 804. The molecule has 1 aromatic carbocycles. The molecule has 2 aromatic heterocycles. The van der Waals surface area contributed by atoms with Gasteiger partial charge in [-0.2, -0.15) is 5.10 Å². The lowest BCUT2D eigenvalue weighted by Gasteiger charge is -2.07. The van der Waals surface area contributed by atoms with Crippen molar-refractivity contribution in [1.82, 2.24) is 20.1 Å². The molecule has 0 bridgehead atoms. The highest BCUT2D eigenvalue weighted by Crippen LogP contribution is 2.11. The van der Waals surface area contributed by atoms with E-state index in [9.17, 15) is 4.79 Å². The molecule has 0 unspecified atom stereocenters. The molecule has 0 fully saturated rings. The highest BCUT2D eigenvalue weighted by atomic mass is 32.1. The van der Waals surface area contributed by atoms with Crippen LogP contribution in [0.2, 0.25) is 0 Å². The van der Waals surface area contributed by atoms with E-state index in [4.69, 9.17) is 0 Å². The lowest BCUT2D eigenvalue weighted by Crippen LogP contribution is -2.25. The van der Waals surface area contributed by atoms with Gasteiger partial charge in [-0.15, -0.1) is 11.3 Å². The van der Waals surface area contributed by atoms with Crippen LogP contribution in [0.15, 0.2) is 41.9 Å². The monoisotopic (exact) mass is 326 g/mol. The number of nitrogens with one attached hydrogen (secondary N) is 1. The summed E-state index contributed by atoms with van der Waals surface area (Å²) in [4.78, 5) is 16.5. The summed E-state index contributed by atoms with van der Waals surface area (Å²) in [6, 6.07) is 9.38. The summed E-state index contributed by atoms with van der Waals surface area (Å²) in [5.41, 5.74) is 3.67. The third kappa shape index (κ3) is 3.65. The fourth-order valence-electron chi connectivity index (χ4n) is 2.32. The molecular weight excluding hydrogens is 308 g/mol. The van der Waals surface area contributed by atoms with Crippen LogP contribution in [0.25, 0.3) is 5.69 Å². The Balaban J connectivity index is 1.58. The summed E-state index contributed by atoms with van der Waals surface area (Å²) in [6.07, 6.45) is 2.51. The summed E-state index contributed by atoms with van der Waals surface area (Å²) >= 11 is 1.63. The van der Waals surface area contributed by atoms with Gasteiger partial charge in [0.1, 0.15) is 0 Å². The molecule has 0 saturated carbocycles. The number of benzene rings is 1. The molecule has 3 aromatic rings. The first-order chi connectivity index (χ1) is 11.1.